The Balaban J connectivity index is 2.65. The van der Waals surface area contributed by atoms with Crippen molar-refractivity contribution >= 4 is 0 Å². The van der Waals surface area contributed by atoms with Crippen LogP contribution in [0.3, 0.4) is 0 Å². The number of nitrogens with one attached hydrogen (secondary N) is 1. The van der Waals surface area contributed by atoms with Crippen molar-refractivity contribution in [3.8, 4) is 6.07 Å². The molecule has 0 fully saturated rings. The predicted octanol–water partition coefficient (Wildman–Crippen LogP) is 1.20. The first kappa shape index (κ1) is 12.6. The lowest BCUT2D eigenvalue weighted by Crippen LogP contribution is -2.39. The van der Waals surface area contributed by atoms with E-state index in [4.69, 9.17) is 10.4 Å². The minimum atomic E-state index is -0.142. The normalized spacial score (nSPS) is 11.1. The second-order valence-electron chi connectivity index (χ2n) is 4.33. The van der Waals surface area contributed by atoms with E-state index in [1.807, 2.05) is 26.0 Å². The van der Waals surface area contributed by atoms with Gasteiger partial charge in [0.15, 0.2) is 0 Å². The number of rotatable bonds is 5. The number of aliphatic hydroxyl groups is 1. The fourth-order valence-corrected chi connectivity index (χ4v) is 1.38. The summed E-state index contributed by atoms with van der Waals surface area (Å²) < 4.78 is 0. The third-order valence-corrected chi connectivity index (χ3v) is 2.49. The van der Waals surface area contributed by atoms with E-state index in [1.54, 1.807) is 6.20 Å². The third kappa shape index (κ3) is 3.61. The first-order valence-electron chi connectivity index (χ1n) is 5.29. The van der Waals surface area contributed by atoms with E-state index in [9.17, 15) is 0 Å². The Labute approximate surface area is 95.9 Å². The molecule has 16 heavy (non-hydrogen) atoms. The molecular weight excluding hydrogens is 202 g/mol. The summed E-state index contributed by atoms with van der Waals surface area (Å²) >= 11 is 0. The van der Waals surface area contributed by atoms with Gasteiger partial charge in [0.05, 0.1) is 0 Å². The molecule has 4 nitrogen and oxygen atoms in total. The molecule has 0 aliphatic carbocycles. The van der Waals surface area contributed by atoms with Gasteiger partial charge in [0.2, 0.25) is 0 Å². The summed E-state index contributed by atoms with van der Waals surface area (Å²) in [5, 5.41) is 21.1. The first-order valence-corrected chi connectivity index (χ1v) is 5.29. The van der Waals surface area contributed by atoms with Crippen molar-refractivity contribution in [2.45, 2.75) is 32.4 Å². The monoisotopic (exact) mass is 219 g/mol. The quantitative estimate of drug-likeness (QED) is 0.781. The number of aliphatic hydroxyl groups excluding tert-OH is 1. The van der Waals surface area contributed by atoms with Crippen molar-refractivity contribution in [3.63, 3.8) is 0 Å². The number of aromatic nitrogens is 1. The molecule has 0 saturated heterocycles. The molecule has 1 aromatic heterocycles. The van der Waals surface area contributed by atoms with Gasteiger partial charge in [-0.1, -0.05) is 6.07 Å². The smallest absolute Gasteiger partial charge is 0.144 e. The minimum absolute atomic E-state index is 0.142. The van der Waals surface area contributed by atoms with Crippen molar-refractivity contribution in [3.05, 3.63) is 29.6 Å². The second-order valence-corrected chi connectivity index (χ2v) is 4.33. The molecule has 1 aromatic rings. The maximum absolute atomic E-state index is 8.90. The Hall–Kier alpha value is -1.44. The second kappa shape index (κ2) is 5.59. The van der Waals surface area contributed by atoms with Crippen LogP contribution in [0.4, 0.5) is 0 Å². The maximum atomic E-state index is 8.90. The fraction of sp³-hybridized carbons (Fsp3) is 0.500. The maximum Gasteiger partial charge on any atom is 0.144 e. The van der Waals surface area contributed by atoms with Gasteiger partial charge < -0.3 is 10.4 Å². The van der Waals surface area contributed by atoms with E-state index in [0.29, 0.717) is 18.7 Å². The van der Waals surface area contributed by atoms with Crippen molar-refractivity contribution < 1.29 is 5.11 Å². The number of hydrogen-bond donors (Lipinski definition) is 2. The van der Waals surface area contributed by atoms with Crippen LogP contribution in [0.15, 0.2) is 18.3 Å². The van der Waals surface area contributed by atoms with E-state index >= 15 is 0 Å². The van der Waals surface area contributed by atoms with Crippen LogP contribution in [0.2, 0.25) is 0 Å². The van der Waals surface area contributed by atoms with E-state index < -0.39 is 0 Å². The van der Waals surface area contributed by atoms with Crippen LogP contribution in [0.5, 0.6) is 0 Å². The fourth-order valence-electron chi connectivity index (χ4n) is 1.38. The van der Waals surface area contributed by atoms with Crippen LogP contribution < -0.4 is 5.32 Å². The van der Waals surface area contributed by atoms with Gasteiger partial charge in [0.1, 0.15) is 11.8 Å². The molecule has 0 aromatic carbocycles. The summed E-state index contributed by atoms with van der Waals surface area (Å²) in [4.78, 5) is 3.99. The third-order valence-electron chi connectivity index (χ3n) is 2.49. The van der Waals surface area contributed by atoms with Crippen LogP contribution >= 0.6 is 0 Å². The van der Waals surface area contributed by atoms with Crippen LogP contribution in [-0.4, -0.2) is 22.2 Å². The van der Waals surface area contributed by atoms with Gasteiger partial charge in [-0.25, -0.2) is 4.98 Å². The molecule has 4 heteroatoms. The molecule has 0 atom stereocenters. The molecule has 0 unspecified atom stereocenters. The number of nitrogens with zero attached hydrogens (tertiary/aromatic N) is 2. The average Bonchev–Trinajstić information content (AvgIpc) is 2.27. The molecule has 0 amide bonds. The van der Waals surface area contributed by atoms with Crippen molar-refractivity contribution in [2.75, 3.05) is 6.61 Å². The molecule has 0 spiro atoms. The lowest BCUT2D eigenvalue weighted by atomic mass is 10.0. The zero-order valence-electron chi connectivity index (χ0n) is 9.70. The SMILES string of the molecule is CC(C)(CCO)NCc1cccnc1C#N. The summed E-state index contributed by atoms with van der Waals surface area (Å²) in [6.07, 6.45) is 2.29. The lowest BCUT2D eigenvalue weighted by molar-refractivity contribution is 0.230. The van der Waals surface area contributed by atoms with Gasteiger partial charge in [0, 0.05) is 30.5 Å². The van der Waals surface area contributed by atoms with Crippen LogP contribution in [0.1, 0.15) is 31.5 Å². The molecule has 1 rings (SSSR count). The van der Waals surface area contributed by atoms with E-state index in [0.717, 1.165) is 5.56 Å². The van der Waals surface area contributed by atoms with Crippen molar-refractivity contribution in [2.24, 2.45) is 0 Å². The van der Waals surface area contributed by atoms with E-state index in [-0.39, 0.29) is 12.1 Å². The molecule has 2 N–H and O–H groups in total. The number of hydrogen-bond acceptors (Lipinski definition) is 4. The highest BCUT2D eigenvalue weighted by Crippen LogP contribution is 2.10. The summed E-state index contributed by atoms with van der Waals surface area (Å²) in [6.45, 7) is 4.78. The molecule has 0 bridgehead atoms. The molecule has 0 aliphatic rings. The summed E-state index contributed by atoms with van der Waals surface area (Å²) in [7, 11) is 0. The van der Waals surface area contributed by atoms with Crippen LogP contribution in [0, 0.1) is 11.3 Å². The van der Waals surface area contributed by atoms with Gasteiger partial charge in [0.25, 0.3) is 0 Å². The Morgan fingerprint density at radius 2 is 2.31 bits per heavy atom. The van der Waals surface area contributed by atoms with Gasteiger partial charge >= 0.3 is 0 Å². The Morgan fingerprint density at radius 3 is 2.94 bits per heavy atom. The molecule has 0 saturated carbocycles. The van der Waals surface area contributed by atoms with Gasteiger partial charge in [-0.05, 0) is 26.3 Å². The number of pyridine rings is 1. The van der Waals surface area contributed by atoms with E-state index in [1.165, 1.54) is 0 Å². The van der Waals surface area contributed by atoms with Crippen molar-refractivity contribution in [1.82, 2.24) is 10.3 Å². The highest BCUT2D eigenvalue weighted by atomic mass is 16.3. The molecular formula is C12H17N3O. The number of nitriles is 1. The van der Waals surface area contributed by atoms with Gasteiger partial charge in [-0.15, -0.1) is 0 Å². The van der Waals surface area contributed by atoms with Crippen LogP contribution in [0.25, 0.3) is 0 Å². The summed E-state index contributed by atoms with van der Waals surface area (Å²) in [6, 6.07) is 5.76. The largest absolute Gasteiger partial charge is 0.396 e. The minimum Gasteiger partial charge on any atom is -0.396 e. The van der Waals surface area contributed by atoms with Gasteiger partial charge in [-0.2, -0.15) is 5.26 Å². The highest BCUT2D eigenvalue weighted by molar-refractivity contribution is 5.30. The average molecular weight is 219 g/mol. The summed E-state index contributed by atoms with van der Waals surface area (Å²) in [5.74, 6) is 0. The van der Waals surface area contributed by atoms with Crippen molar-refractivity contribution in [1.29, 1.82) is 5.26 Å². The molecule has 1 heterocycles. The van der Waals surface area contributed by atoms with E-state index in [2.05, 4.69) is 16.4 Å². The zero-order chi connectivity index (χ0) is 12.0. The standard InChI is InChI=1S/C12H17N3O/c1-12(2,5-7-16)15-9-10-4-3-6-14-11(10)8-13/h3-4,6,15-16H,5,7,9H2,1-2H3. The summed E-state index contributed by atoms with van der Waals surface area (Å²) in [5.41, 5.74) is 1.20. The molecule has 0 aliphatic heterocycles. The molecule has 86 valence electrons. The first-order chi connectivity index (χ1) is 7.59. The topological polar surface area (TPSA) is 68.9 Å². The Morgan fingerprint density at radius 1 is 1.56 bits per heavy atom. The zero-order valence-corrected chi connectivity index (χ0v) is 9.70. The lowest BCUT2D eigenvalue weighted by Gasteiger charge is -2.25. The predicted molar refractivity (Wildman–Crippen MR) is 61.6 cm³/mol. The van der Waals surface area contributed by atoms with Gasteiger partial charge in [-0.3, -0.25) is 0 Å². The highest BCUT2D eigenvalue weighted by Gasteiger charge is 2.16. The Kier molecular flexibility index (Phi) is 4.41. The van der Waals surface area contributed by atoms with Crippen LogP contribution in [-0.2, 0) is 6.54 Å². The molecule has 0 radical (unpaired) electrons. The Bertz CT molecular complexity index is 382.